The Morgan fingerprint density at radius 1 is 1.07 bits per heavy atom. The number of aromatic nitrogens is 1. The molecule has 2 atom stereocenters. The Bertz CT molecular complexity index is 1270. The first-order valence-electron chi connectivity index (χ1n) is 9.76. The van der Waals surface area contributed by atoms with Gasteiger partial charge in [0.15, 0.2) is 0 Å². The van der Waals surface area contributed by atoms with E-state index in [2.05, 4.69) is 11.1 Å². The van der Waals surface area contributed by atoms with E-state index in [4.69, 9.17) is 4.42 Å². The second kappa shape index (κ2) is 5.73. The van der Waals surface area contributed by atoms with E-state index in [-0.39, 0.29) is 18.4 Å². The molecular weight excluding hydrogens is 366 g/mol. The van der Waals surface area contributed by atoms with Crippen LogP contribution in [-0.2, 0) is 16.0 Å². The topological polar surface area (TPSA) is 69.6 Å². The van der Waals surface area contributed by atoms with Gasteiger partial charge in [0.1, 0.15) is 23.4 Å². The summed E-state index contributed by atoms with van der Waals surface area (Å²) in [4.78, 5) is 32.9. The summed E-state index contributed by atoms with van der Waals surface area (Å²) < 4.78 is 6.18. The number of hydrogen-bond acceptors (Lipinski definition) is 3. The monoisotopic (exact) mass is 385 g/mol. The number of hydrogen-bond donors (Lipinski definition) is 1. The molecule has 0 aliphatic carbocycles. The normalized spacial score (nSPS) is 21.7. The lowest BCUT2D eigenvalue weighted by molar-refractivity contribution is -0.157. The number of nitrogens with zero attached hydrogens (tertiary/aromatic N) is 2. The largest absolute Gasteiger partial charge is 0.458 e. The van der Waals surface area contributed by atoms with E-state index in [1.165, 1.54) is 4.90 Å². The van der Waals surface area contributed by atoms with Crippen LogP contribution in [0.5, 0.6) is 0 Å². The number of carbonyl (C=O) groups is 2. The number of fused-ring (bicyclic) bond motifs is 5. The van der Waals surface area contributed by atoms with Gasteiger partial charge in [-0.15, -0.1) is 0 Å². The summed E-state index contributed by atoms with van der Waals surface area (Å²) in [5.74, 6) is 0.586. The van der Waals surface area contributed by atoms with Gasteiger partial charge in [0, 0.05) is 29.8 Å². The van der Waals surface area contributed by atoms with Crippen molar-refractivity contribution >= 4 is 33.7 Å². The van der Waals surface area contributed by atoms with Gasteiger partial charge in [-0.25, -0.2) is 0 Å². The van der Waals surface area contributed by atoms with Gasteiger partial charge in [-0.05, 0) is 23.8 Å². The van der Waals surface area contributed by atoms with E-state index >= 15 is 0 Å². The summed E-state index contributed by atoms with van der Waals surface area (Å²) >= 11 is 0. The first kappa shape index (κ1) is 16.4. The fraction of sp³-hybridized carbons (Fsp3) is 0.217. The van der Waals surface area contributed by atoms with Crippen molar-refractivity contribution in [1.82, 2.24) is 14.8 Å². The zero-order chi connectivity index (χ0) is 19.7. The quantitative estimate of drug-likeness (QED) is 0.547. The summed E-state index contributed by atoms with van der Waals surface area (Å²) in [6, 6.07) is 16.9. The summed E-state index contributed by atoms with van der Waals surface area (Å²) in [5, 5.41) is 2.08. The number of piperazine rings is 1. The standard InChI is InChI=1S/C23H19N3O3/c1-25-12-20(27)26-17(23(25)28)11-15-14-7-3-4-8-16(14)24-21(15)22(26)19-10-13-6-2-5-9-18(13)29-19/h2-10,17,22,24H,11-12H2,1H3/t17-,22-/m0/s1. The average molecular weight is 385 g/mol. The molecule has 2 aromatic carbocycles. The number of furan rings is 1. The Kier molecular flexibility index (Phi) is 3.25. The van der Waals surface area contributed by atoms with E-state index in [0.717, 1.165) is 33.1 Å². The van der Waals surface area contributed by atoms with Crippen molar-refractivity contribution in [3.63, 3.8) is 0 Å². The van der Waals surface area contributed by atoms with Crippen molar-refractivity contribution in [2.45, 2.75) is 18.5 Å². The van der Waals surface area contributed by atoms with Gasteiger partial charge >= 0.3 is 0 Å². The molecule has 4 heterocycles. The minimum absolute atomic E-state index is 0.0263. The molecule has 0 unspecified atom stereocenters. The zero-order valence-corrected chi connectivity index (χ0v) is 15.9. The molecule has 1 saturated heterocycles. The van der Waals surface area contributed by atoms with Crippen LogP contribution in [0.25, 0.3) is 21.9 Å². The lowest BCUT2D eigenvalue weighted by Crippen LogP contribution is -2.62. The highest BCUT2D eigenvalue weighted by molar-refractivity contribution is 5.97. The third-order valence-corrected chi connectivity index (χ3v) is 6.17. The maximum Gasteiger partial charge on any atom is 0.245 e. The van der Waals surface area contributed by atoms with Crippen LogP contribution in [0, 0.1) is 0 Å². The molecule has 6 heteroatoms. The van der Waals surface area contributed by atoms with Crippen molar-refractivity contribution in [2.24, 2.45) is 0 Å². The predicted octanol–water partition coefficient (Wildman–Crippen LogP) is 3.23. The Balaban J connectivity index is 1.62. The lowest BCUT2D eigenvalue weighted by atomic mass is 9.88. The minimum atomic E-state index is -0.522. The molecular formula is C23H19N3O3. The van der Waals surface area contributed by atoms with E-state index in [1.54, 1.807) is 11.9 Å². The lowest BCUT2D eigenvalue weighted by Gasteiger charge is -2.45. The number of amides is 2. The van der Waals surface area contributed by atoms with E-state index in [9.17, 15) is 9.59 Å². The number of H-pyrrole nitrogens is 1. The van der Waals surface area contributed by atoms with Crippen molar-refractivity contribution in [1.29, 1.82) is 0 Å². The highest BCUT2D eigenvalue weighted by Gasteiger charge is 2.48. The zero-order valence-electron chi connectivity index (χ0n) is 15.9. The predicted molar refractivity (Wildman–Crippen MR) is 108 cm³/mol. The van der Waals surface area contributed by atoms with Crippen molar-refractivity contribution in [3.05, 3.63) is 71.6 Å². The van der Waals surface area contributed by atoms with Gasteiger partial charge in [-0.2, -0.15) is 0 Å². The SMILES string of the molecule is CN1CC(=O)N2[C@@H](c3cc4ccccc4o3)c3[nH]c4ccccc4c3C[C@H]2C1=O. The van der Waals surface area contributed by atoms with Gasteiger partial charge in [-0.1, -0.05) is 36.4 Å². The van der Waals surface area contributed by atoms with Crippen LogP contribution in [0.3, 0.4) is 0 Å². The third kappa shape index (κ3) is 2.23. The van der Waals surface area contributed by atoms with Crippen LogP contribution in [0.15, 0.2) is 59.0 Å². The summed E-state index contributed by atoms with van der Waals surface area (Å²) in [7, 11) is 1.69. The second-order valence-corrected chi connectivity index (χ2v) is 7.87. The molecule has 2 aliphatic rings. The number of carbonyl (C=O) groups excluding carboxylic acids is 2. The van der Waals surface area contributed by atoms with Crippen LogP contribution in [0.1, 0.15) is 23.1 Å². The summed E-state index contributed by atoms with van der Waals surface area (Å²) in [6.45, 7) is 0.0849. The summed E-state index contributed by atoms with van der Waals surface area (Å²) in [5.41, 5.74) is 3.80. The summed E-state index contributed by atoms with van der Waals surface area (Å²) in [6.07, 6.45) is 0.505. The Labute approximate surface area is 166 Å². The average Bonchev–Trinajstić information content (AvgIpc) is 3.31. The number of likely N-dealkylation sites (N-methyl/N-ethyl adjacent to an activating group) is 1. The van der Waals surface area contributed by atoms with Crippen molar-refractivity contribution < 1.29 is 14.0 Å². The number of nitrogens with one attached hydrogen (secondary N) is 1. The maximum atomic E-state index is 13.1. The molecule has 4 aromatic rings. The highest BCUT2D eigenvalue weighted by atomic mass is 16.3. The molecule has 0 bridgehead atoms. The Hall–Kier alpha value is -3.54. The molecule has 2 amide bonds. The third-order valence-electron chi connectivity index (χ3n) is 6.17. The molecule has 2 aromatic heterocycles. The number of para-hydroxylation sites is 2. The Morgan fingerprint density at radius 2 is 1.86 bits per heavy atom. The minimum Gasteiger partial charge on any atom is -0.458 e. The van der Waals surface area contributed by atoms with Gasteiger partial charge in [-0.3, -0.25) is 9.59 Å². The molecule has 2 aliphatic heterocycles. The molecule has 1 N–H and O–H groups in total. The molecule has 144 valence electrons. The van der Waals surface area contributed by atoms with Crippen molar-refractivity contribution in [3.8, 4) is 0 Å². The van der Waals surface area contributed by atoms with Crippen LogP contribution in [-0.4, -0.2) is 46.2 Å². The molecule has 29 heavy (non-hydrogen) atoms. The van der Waals surface area contributed by atoms with Crippen molar-refractivity contribution in [2.75, 3.05) is 13.6 Å². The highest BCUT2D eigenvalue weighted by Crippen LogP contribution is 2.43. The van der Waals surface area contributed by atoms with Crippen LogP contribution in [0.2, 0.25) is 0 Å². The van der Waals surface area contributed by atoms with Crippen LogP contribution >= 0.6 is 0 Å². The van der Waals surface area contributed by atoms with E-state index in [1.807, 2.05) is 48.5 Å². The van der Waals surface area contributed by atoms with Gasteiger partial charge in [0.2, 0.25) is 11.8 Å². The number of rotatable bonds is 1. The molecule has 0 radical (unpaired) electrons. The molecule has 0 spiro atoms. The molecule has 6 nitrogen and oxygen atoms in total. The molecule has 6 rings (SSSR count). The fourth-order valence-corrected chi connectivity index (χ4v) is 4.84. The van der Waals surface area contributed by atoms with Crippen LogP contribution < -0.4 is 0 Å². The van der Waals surface area contributed by atoms with Crippen LogP contribution in [0.4, 0.5) is 0 Å². The Morgan fingerprint density at radius 3 is 2.72 bits per heavy atom. The molecule has 1 fully saturated rings. The van der Waals surface area contributed by atoms with Gasteiger partial charge in [0.25, 0.3) is 0 Å². The second-order valence-electron chi connectivity index (χ2n) is 7.87. The number of aromatic amines is 1. The smallest absolute Gasteiger partial charge is 0.245 e. The maximum absolute atomic E-state index is 13.1. The first-order valence-corrected chi connectivity index (χ1v) is 9.76. The van der Waals surface area contributed by atoms with Gasteiger partial charge in [0.05, 0.1) is 12.2 Å². The first-order chi connectivity index (χ1) is 14.1. The molecule has 0 saturated carbocycles. The number of benzene rings is 2. The van der Waals surface area contributed by atoms with E-state index in [0.29, 0.717) is 12.2 Å². The van der Waals surface area contributed by atoms with Gasteiger partial charge < -0.3 is 19.2 Å². The van der Waals surface area contributed by atoms with E-state index < -0.39 is 12.1 Å². The fourth-order valence-electron chi connectivity index (χ4n) is 4.84.